The summed E-state index contributed by atoms with van der Waals surface area (Å²) in [4.78, 5) is 13.2. The van der Waals surface area contributed by atoms with Crippen LogP contribution in [0.4, 0.5) is 0 Å². The van der Waals surface area contributed by atoms with Gasteiger partial charge in [0.2, 0.25) is 0 Å². The van der Waals surface area contributed by atoms with Crippen LogP contribution in [-0.2, 0) is 4.79 Å². The molecule has 0 bridgehead atoms. The van der Waals surface area contributed by atoms with E-state index < -0.39 is 5.97 Å². The van der Waals surface area contributed by atoms with Crippen molar-refractivity contribution in [2.75, 3.05) is 19.6 Å². The van der Waals surface area contributed by atoms with E-state index in [2.05, 4.69) is 25.7 Å². The lowest BCUT2D eigenvalue weighted by Gasteiger charge is -2.30. The highest BCUT2D eigenvalue weighted by molar-refractivity contribution is 5.70. The van der Waals surface area contributed by atoms with Crippen LogP contribution in [0.25, 0.3) is 0 Å². The molecule has 0 amide bonds. The van der Waals surface area contributed by atoms with Gasteiger partial charge < -0.3 is 10.0 Å². The largest absolute Gasteiger partial charge is 0.481 e. The van der Waals surface area contributed by atoms with E-state index in [4.69, 9.17) is 5.11 Å². The Bertz CT molecular complexity index is 225. The van der Waals surface area contributed by atoms with Gasteiger partial charge in [-0.15, -0.1) is 0 Å². The molecule has 0 saturated carbocycles. The van der Waals surface area contributed by atoms with Gasteiger partial charge in [0.1, 0.15) is 0 Å². The molecule has 0 aromatic heterocycles. The second-order valence-corrected chi connectivity index (χ2v) is 6.12. The summed E-state index contributed by atoms with van der Waals surface area (Å²) >= 11 is 0. The third-order valence-electron chi connectivity index (χ3n) is 3.34. The highest BCUT2D eigenvalue weighted by Gasteiger charge is 2.24. The summed E-state index contributed by atoms with van der Waals surface area (Å²) in [6.07, 6.45) is 4.11. The van der Waals surface area contributed by atoms with E-state index in [1.165, 1.54) is 12.8 Å². The zero-order chi connectivity index (χ0) is 12.2. The van der Waals surface area contributed by atoms with Crippen molar-refractivity contribution in [2.45, 2.75) is 46.5 Å². The Morgan fingerprint density at radius 2 is 1.88 bits per heavy atom. The van der Waals surface area contributed by atoms with Crippen molar-refractivity contribution in [1.82, 2.24) is 4.90 Å². The van der Waals surface area contributed by atoms with Crippen LogP contribution in [0.2, 0.25) is 0 Å². The molecule has 1 N–H and O–H groups in total. The molecule has 1 fully saturated rings. The number of likely N-dealkylation sites (tertiary alicyclic amines) is 1. The molecule has 0 aromatic carbocycles. The predicted octanol–water partition coefficient (Wildman–Crippen LogP) is 2.61. The van der Waals surface area contributed by atoms with Crippen molar-refractivity contribution >= 4 is 5.97 Å². The average molecular weight is 227 g/mol. The number of nitrogens with zero attached hydrogens (tertiary/aromatic N) is 1. The minimum atomic E-state index is -0.616. The molecule has 0 spiro atoms. The number of hydrogen-bond donors (Lipinski definition) is 1. The van der Waals surface area contributed by atoms with E-state index in [0.29, 0.717) is 5.41 Å². The molecular formula is C13H25NO2. The molecule has 0 aliphatic carbocycles. The summed E-state index contributed by atoms with van der Waals surface area (Å²) in [5.41, 5.74) is 0.416. The van der Waals surface area contributed by atoms with E-state index in [1.54, 1.807) is 0 Å². The second-order valence-electron chi connectivity index (χ2n) is 6.12. The lowest BCUT2D eigenvalue weighted by molar-refractivity contribution is -0.143. The zero-order valence-electron chi connectivity index (χ0n) is 10.8. The minimum absolute atomic E-state index is 0.0983. The Morgan fingerprint density at radius 1 is 1.31 bits per heavy atom. The Hall–Kier alpha value is -0.570. The Kier molecular flexibility index (Phi) is 4.78. The van der Waals surface area contributed by atoms with Gasteiger partial charge in [-0.25, -0.2) is 0 Å². The maximum atomic E-state index is 10.8. The normalized spacial score (nSPS) is 19.9. The number of piperidine rings is 1. The summed E-state index contributed by atoms with van der Waals surface area (Å²) < 4.78 is 0. The number of carboxylic acids is 1. The Balaban J connectivity index is 2.15. The maximum Gasteiger partial charge on any atom is 0.306 e. The van der Waals surface area contributed by atoms with Crippen LogP contribution in [-0.4, -0.2) is 35.6 Å². The lowest BCUT2D eigenvalue weighted by atomic mass is 9.90. The first-order valence-electron chi connectivity index (χ1n) is 6.34. The van der Waals surface area contributed by atoms with Crippen molar-refractivity contribution in [1.29, 1.82) is 0 Å². The molecule has 3 heteroatoms. The van der Waals surface area contributed by atoms with E-state index >= 15 is 0 Å². The third kappa shape index (κ3) is 4.97. The summed E-state index contributed by atoms with van der Waals surface area (Å²) in [5, 5.41) is 8.89. The standard InChI is InChI=1S/C13H25NO2/c1-13(2,3)7-4-8-14-9-5-11(6-10-14)12(15)16/h11H,4-10H2,1-3H3,(H,15,16). The molecule has 0 aromatic rings. The van der Waals surface area contributed by atoms with E-state index in [-0.39, 0.29) is 5.92 Å². The lowest BCUT2D eigenvalue weighted by Crippen LogP contribution is -2.37. The highest BCUT2D eigenvalue weighted by Crippen LogP contribution is 2.22. The average Bonchev–Trinajstić information content (AvgIpc) is 2.16. The predicted molar refractivity (Wildman–Crippen MR) is 65.5 cm³/mol. The monoisotopic (exact) mass is 227 g/mol. The molecule has 94 valence electrons. The van der Waals surface area contributed by atoms with Crippen LogP contribution in [0.1, 0.15) is 46.5 Å². The van der Waals surface area contributed by atoms with Gasteiger partial charge in [-0.3, -0.25) is 4.79 Å². The van der Waals surface area contributed by atoms with Gasteiger partial charge >= 0.3 is 5.97 Å². The van der Waals surface area contributed by atoms with Crippen LogP contribution >= 0.6 is 0 Å². The molecule has 0 radical (unpaired) electrons. The molecule has 0 unspecified atom stereocenters. The first-order chi connectivity index (χ1) is 7.38. The molecule has 1 aliphatic heterocycles. The van der Waals surface area contributed by atoms with Crippen LogP contribution in [0.5, 0.6) is 0 Å². The summed E-state index contributed by atoms with van der Waals surface area (Å²) in [6.45, 7) is 9.85. The smallest absolute Gasteiger partial charge is 0.306 e. The van der Waals surface area contributed by atoms with Gasteiger partial charge in [0.25, 0.3) is 0 Å². The fourth-order valence-corrected chi connectivity index (χ4v) is 2.24. The van der Waals surface area contributed by atoms with Crippen LogP contribution in [0, 0.1) is 11.3 Å². The third-order valence-corrected chi connectivity index (χ3v) is 3.34. The van der Waals surface area contributed by atoms with Crippen LogP contribution in [0.15, 0.2) is 0 Å². The van der Waals surface area contributed by atoms with Gasteiger partial charge in [0.15, 0.2) is 0 Å². The van der Waals surface area contributed by atoms with Crippen LogP contribution in [0.3, 0.4) is 0 Å². The van der Waals surface area contributed by atoms with Gasteiger partial charge in [0.05, 0.1) is 5.92 Å². The number of carbonyl (C=O) groups is 1. The van der Waals surface area contributed by atoms with Crippen molar-refractivity contribution in [2.24, 2.45) is 11.3 Å². The second kappa shape index (κ2) is 5.67. The van der Waals surface area contributed by atoms with Crippen molar-refractivity contribution in [3.8, 4) is 0 Å². The molecule has 0 atom stereocenters. The first kappa shape index (κ1) is 13.5. The number of rotatable bonds is 4. The molecule has 16 heavy (non-hydrogen) atoms. The zero-order valence-corrected chi connectivity index (χ0v) is 10.8. The minimum Gasteiger partial charge on any atom is -0.481 e. The summed E-state index contributed by atoms with van der Waals surface area (Å²) in [7, 11) is 0. The molecule has 1 aliphatic rings. The molecule has 1 heterocycles. The van der Waals surface area contributed by atoms with Crippen molar-refractivity contribution in [3.05, 3.63) is 0 Å². The number of hydrogen-bond acceptors (Lipinski definition) is 2. The highest BCUT2D eigenvalue weighted by atomic mass is 16.4. The van der Waals surface area contributed by atoms with Crippen molar-refractivity contribution < 1.29 is 9.90 Å². The van der Waals surface area contributed by atoms with E-state index in [1.807, 2.05) is 0 Å². The molecule has 1 rings (SSSR count). The molecule has 3 nitrogen and oxygen atoms in total. The van der Waals surface area contributed by atoms with E-state index in [9.17, 15) is 4.79 Å². The summed E-state index contributed by atoms with van der Waals surface area (Å²) in [6, 6.07) is 0. The fraction of sp³-hybridized carbons (Fsp3) is 0.923. The summed E-state index contributed by atoms with van der Waals surface area (Å²) in [5.74, 6) is -0.715. The van der Waals surface area contributed by atoms with E-state index in [0.717, 1.165) is 32.5 Å². The van der Waals surface area contributed by atoms with Gasteiger partial charge in [-0.2, -0.15) is 0 Å². The quantitative estimate of drug-likeness (QED) is 0.802. The Morgan fingerprint density at radius 3 is 2.31 bits per heavy atom. The van der Waals surface area contributed by atoms with Gasteiger partial charge in [-0.1, -0.05) is 20.8 Å². The first-order valence-corrected chi connectivity index (χ1v) is 6.34. The molecular weight excluding hydrogens is 202 g/mol. The Labute approximate surface area is 98.8 Å². The number of carboxylic acid groups (broad SMARTS) is 1. The SMILES string of the molecule is CC(C)(C)CCCN1CCC(C(=O)O)CC1. The van der Waals surface area contributed by atoms with Gasteiger partial charge in [0, 0.05) is 0 Å². The fourth-order valence-electron chi connectivity index (χ4n) is 2.24. The van der Waals surface area contributed by atoms with Crippen molar-refractivity contribution in [3.63, 3.8) is 0 Å². The topological polar surface area (TPSA) is 40.5 Å². The van der Waals surface area contributed by atoms with Crippen LogP contribution < -0.4 is 0 Å². The number of aliphatic carboxylic acids is 1. The van der Waals surface area contributed by atoms with Gasteiger partial charge in [-0.05, 0) is 50.7 Å². The molecule has 1 saturated heterocycles. The maximum absolute atomic E-state index is 10.8.